The Balaban J connectivity index is 1.44. The fourth-order valence-electron chi connectivity index (χ4n) is 3.96. The van der Waals surface area contributed by atoms with Crippen LogP contribution in [0.3, 0.4) is 0 Å². The Bertz CT molecular complexity index is 1500. The van der Waals surface area contributed by atoms with Gasteiger partial charge in [-0.05, 0) is 55.7 Å². The third-order valence-corrected chi connectivity index (χ3v) is 7.62. The fraction of sp³-hybridized carbons (Fsp3) is 0.200. The van der Waals surface area contributed by atoms with E-state index in [1.807, 2.05) is 36.6 Å². The minimum atomic E-state index is -0.0532. The maximum Gasteiger partial charge on any atom is 0.230 e. The summed E-state index contributed by atoms with van der Waals surface area (Å²) in [6.45, 7) is 7.76. The second-order valence-electron chi connectivity index (χ2n) is 8.00. The lowest BCUT2D eigenvalue weighted by molar-refractivity contribution is -0.115. The summed E-state index contributed by atoms with van der Waals surface area (Å²) >= 11 is 3.07. The molecule has 0 aliphatic carbocycles. The van der Waals surface area contributed by atoms with Crippen LogP contribution in [0, 0.1) is 20.8 Å². The number of pyridine rings is 1. The van der Waals surface area contributed by atoms with Crippen LogP contribution in [0.2, 0.25) is 0 Å². The van der Waals surface area contributed by atoms with Gasteiger partial charge in [0, 0.05) is 23.4 Å². The molecule has 166 valence electrons. The largest absolute Gasteiger partial charge is 0.274 e. The van der Waals surface area contributed by atoms with Crippen molar-refractivity contribution >= 4 is 56.4 Å². The van der Waals surface area contributed by atoms with E-state index >= 15 is 0 Å². The first-order valence-electron chi connectivity index (χ1n) is 10.6. The number of aryl methyl sites for hydroxylation is 2. The average Bonchev–Trinajstić information content (AvgIpc) is 3.42. The van der Waals surface area contributed by atoms with Crippen LogP contribution in [0.15, 0.2) is 59.1 Å². The molecule has 0 unspecified atom stereocenters. The molecule has 0 spiro atoms. The van der Waals surface area contributed by atoms with E-state index in [2.05, 4.69) is 52.7 Å². The van der Waals surface area contributed by atoms with Crippen LogP contribution in [0.5, 0.6) is 0 Å². The van der Waals surface area contributed by atoms with E-state index in [-0.39, 0.29) is 5.91 Å². The van der Waals surface area contributed by atoms with Crippen molar-refractivity contribution in [2.45, 2.75) is 38.6 Å². The third kappa shape index (κ3) is 3.89. The van der Waals surface area contributed by atoms with Gasteiger partial charge in [-0.3, -0.25) is 14.1 Å². The lowest BCUT2D eigenvalue weighted by Gasteiger charge is -2.21. The summed E-state index contributed by atoms with van der Waals surface area (Å²) in [4.78, 5) is 19.0. The number of carbonyl (C=O) groups excluding carboxylic acids is 1. The summed E-state index contributed by atoms with van der Waals surface area (Å²) in [5.74, 6) is 0.584. The van der Waals surface area contributed by atoms with E-state index in [0.717, 1.165) is 38.8 Å². The Morgan fingerprint density at radius 3 is 2.70 bits per heavy atom. The van der Waals surface area contributed by atoms with Gasteiger partial charge in [-0.15, -0.1) is 21.5 Å². The highest BCUT2D eigenvalue weighted by molar-refractivity contribution is 7.98. The van der Waals surface area contributed by atoms with E-state index in [1.54, 1.807) is 23.6 Å². The van der Waals surface area contributed by atoms with Gasteiger partial charge in [0.05, 0.1) is 16.9 Å². The number of carbonyl (C=O) groups is 1. The molecule has 5 rings (SSSR count). The van der Waals surface area contributed by atoms with E-state index in [9.17, 15) is 4.79 Å². The molecule has 8 heteroatoms. The molecule has 0 saturated heterocycles. The van der Waals surface area contributed by atoms with Crippen LogP contribution in [-0.2, 0) is 10.5 Å². The summed E-state index contributed by atoms with van der Waals surface area (Å²) in [7, 11) is 0. The summed E-state index contributed by atoms with van der Waals surface area (Å²) in [6.07, 6.45) is 0. The van der Waals surface area contributed by atoms with Crippen molar-refractivity contribution < 1.29 is 4.79 Å². The molecule has 3 heterocycles. The van der Waals surface area contributed by atoms with Crippen LogP contribution in [0.4, 0.5) is 10.8 Å². The maximum atomic E-state index is 12.5. The number of hydrogen-bond acceptors (Lipinski definition) is 6. The molecule has 0 N–H and O–H groups in total. The number of para-hydroxylation sites is 1. The van der Waals surface area contributed by atoms with Crippen molar-refractivity contribution in [1.29, 1.82) is 0 Å². The highest BCUT2D eigenvalue weighted by atomic mass is 32.2. The molecule has 0 saturated carbocycles. The Morgan fingerprint density at radius 1 is 1.06 bits per heavy atom. The summed E-state index contributed by atoms with van der Waals surface area (Å²) in [5, 5.41) is 13.5. The van der Waals surface area contributed by atoms with Gasteiger partial charge in [0.1, 0.15) is 0 Å². The van der Waals surface area contributed by atoms with Gasteiger partial charge in [-0.2, -0.15) is 0 Å². The van der Waals surface area contributed by atoms with Gasteiger partial charge in [0.15, 0.2) is 15.9 Å². The number of amides is 1. The molecule has 5 aromatic rings. The highest BCUT2D eigenvalue weighted by Crippen LogP contribution is 2.34. The van der Waals surface area contributed by atoms with Gasteiger partial charge in [-0.25, -0.2) is 4.98 Å². The molecular weight excluding hydrogens is 450 g/mol. The van der Waals surface area contributed by atoms with Crippen LogP contribution < -0.4 is 4.90 Å². The van der Waals surface area contributed by atoms with E-state index in [0.29, 0.717) is 10.9 Å². The number of thioether (sulfide) groups is 1. The number of hydrogen-bond donors (Lipinski definition) is 0. The second-order valence-corrected chi connectivity index (χ2v) is 9.78. The van der Waals surface area contributed by atoms with Crippen LogP contribution in [0.1, 0.15) is 29.3 Å². The molecule has 0 radical (unpaired) electrons. The van der Waals surface area contributed by atoms with E-state index in [4.69, 9.17) is 4.98 Å². The topological polar surface area (TPSA) is 63.4 Å². The Kier molecular flexibility index (Phi) is 5.64. The Hall–Kier alpha value is -3.23. The minimum Gasteiger partial charge on any atom is -0.274 e. The number of rotatable bonds is 5. The molecule has 1 amide bonds. The van der Waals surface area contributed by atoms with Crippen LogP contribution in [-0.4, -0.2) is 25.5 Å². The highest BCUT2D eigenvalue weighted by Gasteiger charge is 2.20. The number of nitrogens with zero attached hydrogens (tertiary/aromatic N) is 5. The molecule has 0 aliphatic rings. The molecule has 33 heavy (non-hydrogen) atoms. The Labute approximate surface area is 200 Å². The smallest absolute Gasteiger partial charge is 0.230 e. The molecule has 3 aromatic heterocycles. The van der Waals surface area contributed by atoms with Crippen molar-refractivity contribution in [2.75, 3.05) is 4.90 Å². The molecule has 2 aromatic carbocycles. The predicted octanol–water partition coefficient (Wildman–Crippen LogP) is 6.24. The minimum absolute atomic E-state index is 0.0532. The zero-order chi connectivity index (χ0) is 23.1. The summed E-state index contributed by atoms with van der Waals surface area (Å²) < 4.78 is 2.10. The molecule has 6 nitrogen and oxygen atoms in total. The standard InChI is InChI=1S/C25H23N5OS2/c1-15-8-7-11-21(17(15)3)29(18(4)31)24-26-19(13-32-24)14-33-25-28-27-23-12-16(2)20-9-5-6-10-22(20)30(23)25/h5-13H,14H2,1-4H3. The normalized spacial score (nSPS) is 11.4. The molecule has 0 aliphatic heterocycles. The van der Waals surface area contributed by atoms with Crippen LogP contribution in [0.25, 0.3) is 16.6 Å². The van der Waals surface area contributed by atoms with Gasteiger partial charge in [0.25, 0.3) is 0 Å². The van der Waals surface area contributed by atoms with Crippen molar-refractivity contribution in [3.8, 4) is 0 Å². The van der Waals surface area contributed by atoms with Gasteiger partial charge in [0.2, 0.25) is 5.91 Å². The summed E-state index contributed by atoms with van der Waals surface area (Å²) in [6, 6.07) is 16.4. The Morgan fingerprint density at radius 2 is 1.88 bits per heavy atom. The van der Waals surface area contributed by atoms with Crippen molar-refractivity contribution in [2.24, 2.45) is 0 Å². The lowest BCUT2D eigenvalue weighted by Crippen LogP contribution is -2.23. The molecule has 0 fully saturated rings. The predicted molar refractivity (Wildman–Crippen MR) is 136 cm³/mol. The quantitative estimate of drug-likeness (QED) is 0.283. The number of fused-ring (bicyclic) bond motifs is 3. The number of thiazole rings is 1. The van der Waals surface area contributed by atoms with E-state index in [1.165, 1.54) is 22.3 Å². The third-order valence-electron chi connectivity index (χ3n) is 5.79. The van der Waals surface area contributed by atoms with Crippen molar-refractivity contribution in [3.05, 3.63) is 76.3 Å². The first kappa shape index (κ1) is 21.6. The zero-order valence-electron chi connectivity index (χ0n) is 18.9. The number of anilines is 2. The van der Waals surface area contributed by atoms with Crippen LogP contribution >= 0.6 is 23.1 Å². The van der Waals surface area contributed by atoms with Gasteiger partial charge in [-0.1, -0.05) is 42.1 Å². The lowest BCUT2D eigenvalue weighted by atomic mass is 10.1. The molecular formula is C25H23N5OS2. The number of benzene rings is 2. The van der Waals surface area contributed by atoms with Crippen molar-refractivity contribution in [3.63, 3.8) is 0 Å². The molecule has 0 atom stereocenters. The zero-order valence-corrected chi connectivity index (χ0v) is 20.5. The van der Waals surface area contributed by atoms with Gasteiger partial charge < -0.3 is 0 Å². The second kappa shape index (κ2) is 8.61. The maximum absolute atomic E-state index is 12.5. The molecule has 0 bridgehead atoms. The number of aromatic nitrogens is 4. The average molecular weight is 474 g/mol. The van der Waals surface area contributed by atoms with Gasteiger partial charge >= 0.3 is 0 Å². The summed E-state index contributed by atoms with van der Waals surface area (Å²) in [5.41, 5.74) is 7.12. The fourth-order valence-corrected chi connectivity index (χ4v) is 5.79. The van der Waals surface area contributed by atoms with E-state index < -0.39 is 0 Å². The SMILES string of the molecule is CC(=O)N(c1nc(CSc2nnc3cc(C)c4ccccc4n23)cs1)c1cccc(C)c1C. The monoisotopic (exact) mass is 473 g/mol. The first-order chi connectivity index (χ1) is 15.9. The first-order valence-corrected chi connectivity index (χ1v) is 12.5. The van der Waals surface area contributed by atoms with Crippen molar-refractivity contribution in [1.82, 2.24) is 19.6 Å².